The minimum absolute atomic E-state index is 0.0221. The lowest BCUT2D eigenvalue weighted by Crippen LogP contribution is -1.94. The lowest BCUT2D eigenvalue weighted by molar-refractivity contribution is 0.280. The smallest absolute Gasteiger partial charge is 0.321 e. The molecule has 0 fully saturated rings. The average molecular weight is 255 g/mol. The molecule has 17 heavy (non-hydrogen) atoms. The SMILES string of the molecule is OCc1cnc(Oc2ccc(Cl)c(F)c2)nc1. The second-order valence-corrected chi connectivity index (χ2v) is 3.62. The van der Waals surface area contributed by atoms with Crippen LogP contribution in [0.25, 0.3) is 0 Å². The maximum atomic E-state index is 13.1. The van der Waals surface area contributed by atoms with Crippen molar-refractivity contribution in [3.63, 3.8) is 0 Å². The zero-order valence-electron chi connectivity index (χ0n) is 8.60. The normalized spacial score (nSPS) is 10.3. The van der Waals surface area contributed by atoms with Crippen LogP contribution in [0.5, 0.6) is 11.8 Å². The summed E-state index contributed by atoms with van der Waals surface area (Å²) in [6.07, 6.45) is 2.85. The van der Waals surface area contributed by atoms with Gasteiger partial charge in [-0.2, -0.15) is 0 Å². The van der Waals surface area contributed by atoms with Gasteiger partial charge >= 0.3 is 6.01 Å². The van der Waals surface area contributed by atoms with E-state index < -0.39 is 5.82 Å². The third kappa shape index (κ3) is 2.89. The fourth-order valence-corrected chi connectivity index (χ4v) is 1.24. The number of aliphatic hydroxyl groups is 1. The van der Waals surface area contributed by atoms with Gasteiger partial charge in [-0.05, 0) is 12.1 Å². The molecule has 1 aromatic heterocycles. The Hall–Kier alpha value is -1.72. The highest BCUT2D eigenvalue weighted by molar-refractivity contribution is 6.30. The zero-order chi connectivity index (χ0) is 12.3. The van der Waals surface area contributed by atoms with E-state index in [9.17, 15) is 4.39 Å². The molecule has 0 spiro atoms. The molecule has 0 amide bonds. The number of benzene rings is 1. The number of aliphatic hydroxyl groups excluding tert-OH is 1. The monoisotopic (exact) mass is 254 g/mol. The van der Waals surface area contributed by atoms with Crippen molar-refractivity contribution in [1.29, 1.82) is 0 Å². The van der Waals surface area contributed by atoms with Gasteiger partial charge in [-0.25, -0.2) is 14.4 Å². The van der Waals surface area contributed by atoms with Crippen molar-refractivity contribution in [1.82, 2.24) is 9.97 Å². The van der Waals surface area contributed by atoms with E-state index in [1.54, 1.807) is 0 Å². The molecule has 0 unspecified atom stereocenters. The maximum absolute atomic E-state index is 13.1. The summed E-state index contributed by atoms with van der Waals surface area (Å²) in [5.74, 6) is -0.320. The molecular weight excluding hydrogens is 247 g/mol. The third-order valence-corrected chi connectivity index (χ3v) is 2.27. The first kappa shape index (κ1) is 11.8. The molecule has 0 aliphatic rings. The maximum Gasteiger partial charge on any atom is 0.321 e. The summed E-state index contributed by atoms with van der Waals surface area (Å²) in [4.78, 5) is 7.70. The van der Waals surface area contributed by atoms with E-state index in [1.807, 2.05) is 0 Å². The van der Waals surface area contributed by atoms with Gasteiger partial charge < -0.3 is 9.84 Å². The fourth-order valence-electron chi connectivity index (χ4n) is 1.12. The molecule has 4 nitrogen and oxygen atoms in total. The predicted octanol–water partition coefficient (Wildman–Crippen LogP) is 2.55. The van der Waals surface area contributed by atoms with E-state index in [0.717, 1.165) is 6.07 Å². The molecule has 0 aliphatic heterocycles. The molecule has 88 valence electrons. The number of halogens is 2. The Bertz CT molecular complexity index is 519. The molecule has 2 aromatic rings. The zero-order valence-corrected chi connectivity index (χ0v) is 9.36. The van der Waals surface area contributed by atoms with Gasteiger partial charge in [-0.15, -0.1) is 0 Å². The molecule has 0 bridgehead atoms. The van der Waals surface area contributed by atoms with Gasteiger partial charge in [0.25, 0.3) is 0 Å². The number of hydrogen-bond acceptors (Lipinski definition) is 4. The lowest BCUT2D eigenvalue weighted by atomic mass is 10.3. The summed E-state index contributed by atoms with van der Waals surface area (Å²) in [7, 11) is 0. The Labute approximate surface area is 102 Å². The summed E-state index contributed by atoms with van der Waals surface area (Å²) >= 11 is 5.53. The van der Waals surface area contributed by atoms with Crippen LogP contribution in [0.4, 0.5) is 4.39 Å². The van der Waals surface area contributed by atoms with Crippen LogP contribution in [0.3, 0.4) is 0 Å². The fraction of sp³-hybridized carbons (Fsp3) is 0.0909. The lowest BCUT2D eigenvalue weighted by Gasteiger charge is -2.04. The molecule has 0 radical (unpaired) electrons. The Morgan fingerprint density at radius 1 is 1.29 bits per heavy atom. The minimum Gasteiger partial charge on any atom is -0.424 e. The van der Waals surface area contributed by atoms with Crippen molar-refractivity contribution < 1.29 is 14.2 Å². The van der Waals surface area contributed by atoms with Crippen LogP contribution >= 0.6 is 11.6 Å². The number of nitrogens with zero attached hydrogens (tertiary/aromatic N) is 2. The van der Waals surface area contributed by atoms with E-state index in [1.165, 1.54) is 24.5 Å². The topological polar surface area (TPSA) is 55.2 Å². The summed E-state index contributed by atoms with van der Waals surface area (Å²) in [6, 6.07) is 4.11. The second kappa shape index (κ2) is 5.07. The molecule has 1 aromatic carbocycles. The Morgan fingerprint density at radius 2 is 2.00 bits per heavy atom. The van der Waals surface area contributed by atoms with Crippen LogP contribution in [0.2, 0.25) is 5.02 Å². The quantitative estimate of drug-likeness (QED) is 0.915. The molecule has 0 saturated carbocycles. The van der Waals surface area contributed by atoms with Crippen molar-refractivity contribution in [2.45, 2.75) is 6.61 Å². The van der Waals surface area contributed by atoms with Crippen molar-refractivity contribution in [2.24, 2.45) is 0 Å². The molecule has 2 rings (SSSR count). The van der Waals surface area contributed by atoms with Crippen molar-refractivity contribution in [3.8, 4) is 11.8 Å². The third-order valence-electron chi connectivity index (χ3n) is 1.96. The van der Waals surface area contributed by atoms with Crippen molar-refractivity contribution in [2.75, 3.05) is 0 Å². The van der Waals surface area contributed by atoms with Gasteiger partial charge in [0.1, 0.15) is 11.6 Å². The van der Waals surface area contributed by atoms with Crippen LogP contribution in [0, 0.1) is 5.82 Å². The largest absolute Gasteiger partial charge is 0.424 e. The first-order chi connectivity index (χ1) is 8.19. The number of aromatic nitrogens is 2. The van der Waals surface area contributed by atoms with Crippen molar-refractivity contribution in [3.05, 3.63) is 47.0 Å². The van der Waals surface area contributed by atoms with Crippen molar-refractivity contribution >= 4 is 11.6 Å². The highest BCUT2D eigenvalue weighted by atomic mass is 35.5. The minimum atomic E-state index is -0.573. The van der Waals surface area contributed by atoms with Gasteiger partial charge in [0.05, 0.1) is 11.6 Å². The van der Waals surface area contributed by atoms with E-state index in [2.05, 4.69) is 9.97 Å². The van der Waals surface area contributed by atoms with Crippen LogP contribution in [-0.4, -0.2) is 15.1 Å². The highest BCUT2D eigenvalue weighted by Gasteiger charge is 2.04. The number of hydrogen-bond donors (Lipinski definition) is 1. The first-order valence-corrected chi connectivity index (χ1v) is 5.11. The van der Waals surface area contributed by atoms with Crippen LogP contribution in [0.1, 0.15) is 5.56 Å². The number of ether oxygens (including phenoxy) is 1. The Kier molecular flexibility index (Phi) is 3.51. The van der Waals surface area contributed by atoms with Gasteiger partial charge in [0, 0.05) is 24.0 Å². The second-order valence-electron chi connectivity index (χ2n) is 3.21. The van der Waals surface area contributed by atoms with Gasteiger partial charge in [-0.3, -0.25) is 0 Å². The molecule has 1 heterocycles. The van der Waals surface area contributed by atoms with Crippen LogP contribution in [-0.2, 0) is 6.61 Å². The van der Waals surface area contributed by atoms with E-state index >= 15 is 0 Å². The van der Waals surface area contributed by atoms with E-state index in [0.29, 0.717) is 5.56 Å². The summed E-state index contributed by atoms with van der Waals surface area (Å²) in [5, 5.41) is 8.82. The summed E-state index contributed by atoms with van der Waals surface area (Å²) in [6.45, 7) is -0.143. The first-order valence-electron chi connectivity index (χ1n) is 4.73. The van der Waals surface area contributed by atoms with E-state index in [-0.39, 0.29) is 23.4 Å². The van der Waals surface area contributed by atoms with Gasteiger partial charge in [0.2, 0.25) is 0 Å². The Balaban J connectivity index is 2.16. The van der Waals surface area contributed by atoms with E-state index in [4.69, 9.17) is 21.4 Å². The highest BCUT2D eigenvalue weighted by Crippen LogP contribution is 2.23. The summed E-state index contributed by atoms with van der Waals surface area (Å²) < 4.78 is 18.3. The predicted molar refractivity (Wildman–Crippen MR) is 59.4 cm³/mol. The standard InChI is InChI=1S/C11H8ClFN2O2/c12-9-2-1-8(3-10(9)13)17-11-14-4-7(6-16)5-15-11/h1-5,16H,6H2. The molecule has 6 heteroatoms. The molecule has 1 N–H and O–H groups in total. The van der Waals surface area contributed by atoms with Gasteiger partial charge in [-0.1, -0.05) is 11.6 Å². The van der Waals surface area contributed by atoms with Crippen LogP contribution < -0.4 is 4.74 Å². The van der Waals surface area contributed by atoms with Gasteiger partial charge in [0.15, 0.2) is 0 Å². The average Bonchev–Trinajstić information content (AvgIpc) is 2.35. The van der Waals surface area contributed by atoms with Crippen LogP contribution in [0.15, 0.2) is 30.6 Å². The molecule has 0 saturated heterocycles. The molecular formula is C11H8ClFN2O2. The number of rotatable bonds is 3. The molecule has 0 atom stereocenters. The summed E-state index contributed by atoms with van der Waals surface area (Å²) in [5.41, 5.74) is 0.569. The Morgan fingerprint density at radius 3 is 2.59 bits per heavy atom. The molecule has 0 aliphatic carbocycles.